The van der Waals surface area contributed by atoms with Crippen LogP contribution in [0.25, 0.3) is 0 Å². The van der Waals surface area contributed by atoms with Crippen molar-refractivity contribution in [3.8, 4) is 0 Å². The molecule has 3 N–H and O–H groups in total. The maximum absolute atomic E-state index is 12.1. The minimum Gasteiger partial charge on any atom is -0.393 e. The summed E-state index contributed by atoms with van der Waals surface area (Å²) < 4.78 is 1.42. The summed E-state index contributed by atoms with van der Waals surface area (Å²) >= 11 is 5.01. The average molecular weight is 279 g/mol. The Balaban J connectivity index is 2.10. The van der Waals surface area contributed by atoms with Crippen molar-refractivity contribution in [2.24, 2.45) is 18.7 Å². The Bertz CT molecular complexity index is 567. The molecule has 1 aliphatic carbocycles. The molecule has 1 fully saturated rings. The molecule has 6 heteroatoms. The molecule has 102 valence electrons. The summed E-state index contributed by atoms with van der Waals surface area (Å²) in [7, 11) is 1.64. The molecule has 1 amide bonds. The monoisotopic (exact) mass is 279 g/mol. The van der Waals surface area contributed by atoms with Crippen LogP contribution in [0.1, 0.15) is 29.6 Å². The van der Waals surface area contributed by atoms with Crippen molar-refractivity contribution >= 4 is 23.1 Å². The molecule has 5 nitrogen and oxygen atoms in total. The Morgan fingerprint density at radius 2 is 2.26 bits per heavy atom. The summed E-state index contributed by atoms with van der Waals surface area (Å²) in [6, 6.07) is 2.94. The van der Waals surface area contributed by atoms with Crippen molar-refractivity contribution in [2.45, 2.75) is 25.3 Å². The molecule has 0 aliphatic heterocycles. The van der Waals surface area contributed by atoms with Crippen LogP contribution in [0.15, 0.2) is 23.1 Å². The number of amides is 1. The van der Waals surface area contributed by atoms with Crippen LogP contribution >= 0.6 is 12.2 Å². The first-order chi connectivity index (χ1) is 8.99. The lowest BCUT2D eigenvalue weighted by atomic mass is 10.0. The summed E-state index contributed by atoms with van der Waals surface area (Å²) in [6.45, 7) is 0. The maximum atomic E-state index is 12.1. The number of aryl methyl sites for hydroxylation is 1. The molecule has 0 saturated heterocycles. The molecule has 1 aliphatic rings. The smallest absolute Gasteiger partial charge is 0.251 e. The molecule has 1 heterocycles. The number of carbonyl (C=O) groups excluding carboxylic acids is 1. The van der Waals surface area contributed by atoms with Crippen molar-refractivity contribution in [3.05, 3.63) is 34.2 Å². The van der Waals surface area contributed by atoms with Crippen molar-refractivity contribution in [1.82, 2.24) is 9.88 Å². The van der Waals surface area contributed by atoms with E-state index in [4.69, 9.17) is 18.0 Å². The standard InChI is InChI=1S/C13H17N3O2S/c1-16-6-5-8(7-11(16)17)13(18)15-10-4-2-3-9(10)12(14)19/h5-7,9-10H,2-4H2,1H3,(H2,14,19)(H,15,18). The Morgan fingerprint density at radius 3 is 2.89 bits per heavy atom. The van der Waals surface area contributed by atoms with E-state index in [1.165, 1.54) is 10.6 Å². The van der Waals surface area contributed by atoms with Crippen LogP contribution in [0.2, 0.25) is 0 Å². The van der Waals surface area contributed by atoms with Crippen LogP contribution in [-0.4, -0.2) is 21.5 Å². The second-order valence-corrected chi connectivity index (χ2v) is 5.36. The fourth-order valence-electron chi connectivity index (χ4n) is 2.41. The normalized spacial score (nSPS) is 22.2. The molecule has 0 aromatic carbocycles. The lowest BCUT2D eigenvalue weighted by Crippen LogP contribution is -2.42. The van der Waals surface area contributed by atoms with Gasteiger partial charge < -0.3 is 15.6 Å². The van der Waals surface area contributed by atoms with Gasteiger partial charge in [-0.15, -0.1) is 0 Å². The third-order valence-corrected chi connectivity index (χ3v) is 3.87. The minimum absolute atomic E-state index is 0.0194. The molecule has 0 spiro atoms. The van der Waals surface area contributed by atoms with Crippen LogP contribution in [0.4, 0.5) is 0 Å². The highest BCUT2D eigenvalue weighted by Gasteiger charge is 2.30. The zero-order valence-corrected chi connectivity index (χ0v) is 11.6. The number of rotatable bonds is 3. The number of aromatic nitrogens is 1. The highest BCUT2D eigenvalue weighted by Crippen LogP contribution is 2.26. The van der Waals surface area contributed by atoms with Crippen molar-refractivity contribution in [2.75, 3.05) is 0 Å². The van der Waals surface area contributed by atoms with Gasteiger partial charge in [0.1, 0.15) is 0 Å². The third-order valence-electron chi connectivity index (χ3n) is 3.56. The number of nitrogens with two attached hydrogens (primary N) is 1. The summed E-state index contributed by atoms with van der Waals surface area (Å²) in [6.07, 6.45) is 4.37. The lowest BCUT2D eigenvalue weighted by molar-refractivity contribution is 0.0933. The topological polar surface area (TPSA) is 77.1 Å². The van der Waals surface area contributed by atoms with Gasteiger partial charge in [0.15, 0.2) is 0 Å². The van der Waals surface area contributed by atoms with Crippen LogP contribution in [0.3, 0.4) is 0 Å². The van der Waals surface area contributed by atoms with Crippen molar-refractivity contribution < 1.29 is 4.79 Å². The fourth-order valence-corrected chi connectivity index (χ4v) is 2.70. The molecule has 1 saturated carbocycles. The molecular formula is C13H17N3O2S. The van der Waals surface area contributed by atoms with E-state index in [1.54, 1.807) is 19.3 Å². The van der Waals surface area contributed by atoms with Crippen molar-refractivity contribution in [1.29, 1.82) is 0 Å². The predicted octanol–water partition coefficient (Wildman–Crippen LogP) is 0.570. The van der Waals surface area contributed by atoms with Gasteiger partial charge >= 0.3 is 0 Å². The Hall–Kier alpha value is -1.69. The highest BCUT2D eigenvalue weighted by atomic mass is 32.1. The Morgan fingerprint density at radius 1 is 1.53 bits per heavy atom. The summed E-state index contributed by atoms with van der Waals surface area (Å²) in [5, 5.41) is 2.92. The maximum Gasteiger partial charge on any atom is 0.251 e. The first-order valence-electron chi connectivity index (χ1n) is 6.26. The average Bonchev–Trinajstić information content (AvgIpc) is 2.80. The van der Waals surface area contributed by atoms with E-state index >= 15 is 0 Å². The number of nitrogens with one attached hydrogen (secondary N) is 1. The highest BCUT2D eigenvalue weighted by molar-refractivity contribution is 7.80. The van der Waals surface area contributed by atoms with E-state index in [0.717, 1.165) is 19.3 Å². The van der Waals surface area contributed by atoms with Crippen LogP contribution in [-0.2, 0) is 7.05 Å². The fraction of sp³-hybridized carbons (Fsp3) is 0.462. The number of hydrogen-bond donors (Lipinski definition) is 2. The van der Waals surface area contributed by atoms with Gasteiger partial charge in [-0.1, -0.05) is 18.6 Å². The van der Waals surface area contributed by atoms with E-state index < -0.39 is 0 Å². The van der Waals surface area contributed by atoms with Crippen LogP contribution in [0, 0.1) is 5.92 Å². The van der Waals surface area contributed by atoms with Crippen molar-refractivity contribution in [3.63, 3.8) is 0 Å². The molecule has 1 aromatic heterocycles. The van der Waals surface area contributed by atoms with Gasteiger partial charge in [0.05, 0.1) is 4.99 Å². The van der Waals surface area contributed by atoms with Gasteiger partial charge in [-0.2, -0.15) is 0 Å². The number of nitrogens with zero attached hydrogens (tertiary/aromatic N) is 1. The molecular weight excluding hydrogens is 262 g/mol. The summed E-state index contributed by atoms with van der Waals surface area (Å²) in [5.41, 5.74) is 5.84. The number of pyridine rings is 1. The first kappa shape index (κ1) is 13.7. The Kier molecular flexibility index (Phi) is 3.99. The first-order valence-corrected chi connectivity index (χ1v) is 6.66. The second-order valence-electron chi connectivity index (χ2n) is 4.88. The summed E-state index contributed by atoms with van der Waals surface area (Å²) in [5.74, 6) is -0.184. The van der Waals surface area contributed by atoms with Gasteiger partial charge in [-0.25, -0.2) is 0 Å². The van der Waals surface area contributed by atoms with Crippen LogP contribution < -0.4 is 16.6 Å². The SMILES string of the molecule is Cn1ccc(C(=O)NC2CCCC2C(N)=S)cc1=O. The minimum atomic E-state index is -0.245. The predicted molar refractivity (Wildman–Crippen MR) is 77.1 cm³/mol. The van der Waals surface area contributed by atoms with Gasteiger partial charge in [-0.3, -0.25) is 9.59 Å². The van der Waals surface area contributed by atoms with E-state index in [2.05, 4.69) is 5.32 Å². The zero-order valence-electron chi connectivity index (χ0n) is 10.8. The molecule has 19 heavy (non-hydrogen) atoms. The molecule has 1 aromatic rings. The third kappa shape index (κ3) is 3.01. The van der Waals surface area contributed by atoms with Gasteiger partial charge in [0.2, 0.25) is 0 Å². The second kappa shape index (κ2) is 5.52. The lowest BCUT2D eigenvalue weighted by Gasteiger charge is -2.19. The molecule has 2 rings (SSSR count). The number of hydrogen-bond acceptors (Lipinski definition) is 3. The number of thiocarbonyl (C=S) groups is 1. The molecule has 2 unspecified atom stereocenters. The van der Waals surface area contributed by atoms with Gasteiger partial charge in [0.25, 0.3) is 11.5 Å². The van der Waals surface area contributed by atoms with Gasteiger partial charge in [0, 0.05) is 36.8 Å². The van der Waals surface area contributed by atoms with Gasteiger partial charge in [-0.05, 0) is 18.9 Å². The van der Waals surface area contributed by atoms with E-state index in [-0.39, 0.29) is 23.4 Å². The molecule has 2 atom stereocenters. The van der Waals surface area contributed by atoms with Crippen LogP contribution in [0.5, 0.6) is 0 Å². The number of carbonyl (C=O) groups is 1. The largest absolute Gasteiger partial charge is 0.393 e. The van der Waals surface area contributed by atoms with E-state index in [0.29, 0.717) is 10.6 Å². The van der Waals surface area contributed by atoms with E-state index in [1.807, 2.05) is 0 Å². The Labute approximate surface area is 116 Å². The molecule has 0 bridgehead atoms. The summed E-state index contributed by atoms with van der Waals surface area (Å²) in [4.78, 5) is 24.0. The zero-order chi connectivity index (χ0) is 14.0. The molecule has 0 radical (unpaired) electrons. The van der Waals surface area contributed by atoms with E-state index in [9.17, 15) is 9.59 Å². The quantitative estimate of drug-likeness (QED) is 0.793.